The van der Waals surface area contributed by atoms with Gasteiger partial charge in [0.15, 0.2) is 5.82 Å². The first kappa shape index (κ1) is 25.5. The van der Waals surface area contributed by atoms with Gasteiger partial charge in [-0.2, -0.15) is 13.9 Å². The quantitative estimate of drug-likeness (QED) is 0.248. The van der Waals surface area contributed by atoms with Crippen molar-refractivity contribution in [2.75, 3.05) is 0 Å². The molecule has 0 radical (unpaired) electrons. The van der Waals surface area contributed by atoms with Crippen LogP contribution in [0.15, 0.2) is 134 Å². The number of para-hydroxylation sites is 1. The third-order valence-electron chi connectivity index (χ3n) is 6.51. The van der Waals surface area contributed by atoms with Gasteiger partial charge in [0, 0.05) is 11.6 Å². The summed E-state index contributed by atoms with van der Waals surface area (Å²) in [6, 6.07) is 40.0. The molecular formula is C32H24F2N5P. The molecule has 0 unspecified atom stereocenters. The summed E-state index contributed by atoms with van der Waals surface area (Å²) in [5.74, 6) is 0.713. The molecule has 6 aromatic rings. The molecule has 0 amide bonds. The average Bonchev–Trinajstić information content (AvgIpc) is 3.59. The first-order valence-electron chi connectivity index (χ1n) is 12.7. The molecule has 0 saturated heterocycles. The number of aromatic nitrogens is 5. The number of fused-ring (bicyclic) bond motifs is 5. The highest BCUT2D eigenvalue weighted by Crippen LogP contribution is 2.33. The van der Waals surface area contributed by atoms with Gasteiger partial charge < -0.3 is 0 Å². The van der Waals surface area contributed by atoms with Crippen molar-refractivity contribution in [3.63, 3.8) is 0 Å². The fraction of sp³-hybridized carbons (Fsp3) is 0.0312. The fourth-order valence-electron chi connectivity index (χ4n) is 4.76. The van der Waals surface area contributed by atoms with Crippen molar-refractivity contribution >= 4 is 29.9 Å². The molecule has 7 rings (SSSR count). The van der Waals surface area contributed by atoms with E-state index in [0.29, 0.717) is 18.1 Å². The monoisotopic (exact) mass is 547 g/mol. The maximum absolute atomic E-state index is 12.6. The van der Waals surface area contributed by atoms with Crippen LogP contribution in [-0.4, -0.2) is 24.3 Å². The maximum atomic E-state index is 12.6. The van der Waals surface area contributed by atoms with E-state index < -0.39 is 14.0 Å². The normalized spacial score (nSPS) is 11.4. The highest BCUT2D eigenvalue weighted by atomic mass is 31.1. The predicted molar refractivity (Wildman–Crippen MR) is 157 cm³/mol. The van der Waals surface area contributed by atoms with Gasteiger partial charge in [0.05, 0.1) is 23.6 Å². The molecule has 8 heteroatoms. The van der Waals surface area contributed by atoms with Gasteiger partial charge in [-0.25, -0.2) is 14.6 Å². The van der Waals surface area contributed by atoms with E-state index in [0.717, 1.165) is 17.3 Å². The zero-order chi connectivity index (χ0) is 27.3. The van der Waals surface area contributed by atoms with Crippen LogP contribution in [0.1, 0.15) is 11.4 Å². The number of imidazole rings is 1. The Morgan fingerprint density at radius 1 is 0.700 bits per heavy atom. The summed E-state index contributed by atoms with van der Waals surface area (Å²) in [5, 5.41) is 8.36. The predicted octanol–water partition coefficient (Wildman–Crippen LogP) is 6.17. The van der Waals surface area contributed by atoms with E-state index in [4.69, 9.17) is 0 Å². The molecule has 0 fully saturated rings. The first-order valence-corrected chi connectivity index (χ1v) is 14.0. The minimum Gasteiger partial charge on any atom is -0.300 e. The van der Waals surface area contributed by atoms with Gasteiger partial charge in [-0.15, -0.1) is 0 Å². The van der Waals surface area contributed by atoms with Crippen LogP contribution in [0.2, 0.25) is 0 Å². The summed E-state index contributed by atoms with van der Waals surface area (Å²) in [6.45, 7) is 0.336. The Hall–Kier alpha value is -4.74. The van der Waals surface area contributed by atoms with Crippen LogP contribution in [0, 0.1) is 0 Å². The van der Waals surface area contributed by atoms with Crippen molar-refractivity contribution in [3.05, 3.63) is 145 Å². The Kier molecular flexibility index (Phi) is 7.38. The summed E-state index contributed by atoms with van der Waals surface area (Å²) in [4.78, 5) is 8.35. The van der Waals surface area contributed by atoms with E-state index in [2.05, 4.69) is 106 Å². The second-order valence-electron chi connectivity index (χ2n) is 8.98. The Bertz CT molecular complexity index is 1650. The summed E-state index contributed by atoms with van der Waals surface area (Å²) < 4.78 is 28.7. The van der Waals surface area contributed by atoms with Crippen LogP contribution in [0.5, 0.6) is 0 Å². The lowest BCUT2D eigenvalue weighted by Gasteiger charge is -2.18. The van der Waals surface area contributed by atoms with E-state index in [1.165, 1.54) is 22.2 Å². The second kappa shape index (κ2) is 11.6. The molecule has 1 aliphatic heterocycles. The number of nitrogens with zero attached hydrogens (tertiary/aromatic N) is 5. The van der Waals surface area contributed by atoms with Gasteiger partial charge in [0.1, 0.15) is 12.7 Å². The van der Waals surface area contributed by atoms with Crippen molar-refractivity contribution in [1.82, 2.24) is 24.3 Å². The van der Waals surface area contributed by atoms with E-state index in [9.17, 15) is 8.78 Å². The molecule has 0 atom stereocenters. The highest BCUT2D eigenvalue weighted by Gasteiger charge is 2.22. The van der Waals surface area contributed by atoms with Crippen molar-refractivity contribution < 1.29 is 8.78 Å². The van der Waals surface area contributed by atoms with Gasteiger partial charge >= 0.3 is 0 Å². The summed E-state index contributed by atoms with van der Waals surface area (Å²) in [5.41, 5.74) is 2.64. The highest BCUT2D eigenvalue weighted by molar-refractivity contribution is 7.79. The van der Waals surface area contributed by atoms with E-state index >= 15 is 0 Å². The fourth-order valence-corrected chi connectivity index (χ4v) is 7.06. The third kappa shape index (κ3) is 5.24. The molecule has 5 nitrogen and oxygen atoms in total. The smallest absolute Gasteiger partial charge is 0.272 e. The van der Waals surface area contributed by atoms with Crippen molar-refractivity contribution in [3.8, 4) is 17.1 Å². The second-order valence-corrected chi connectivity index (χ2v) is 11.2. The van der Waals surface area contributed by atoms with Crippen molar-refractivity contribution in [2.24, 2.45) is 0 Å². The largest absolute Gasteiger partial charge is 0.300 e. The first-order chi connectivity index (χ1) is 19.7. The number of hydrogen-bond donors (Lipinski definition) is 0. The van der Waals surface area contributed by atoms with Crippen LogP contribution in [0.25, 0.3) is 23.2 Å². The molecule has 4 aromatic carbocycles. The zero-order valence-electron chi connectivity index (χ0n) is 21.3. The van der Waals surface area contributed by atoms with E-state index in [1.807, 2.05) is 24.3 Å². The van der Waals surface area contributed by atoms with Gasteiger partial charge in [0.2, 0.25) is 0 Å². The lowest BCUT2D eigenvalue weighted by molar-refractivity contribution is 0.429. The van der Waals surface area contributed by atoms with Crippen LogP contribution < -0.4 is 15.9 Å². The molecule has 2 aromatic heterocycles. The Labute approximate surface area is 231 Å². The molecule has 0 bridgehead atoms. The Morgan fingerprint density at radius 3 is 1.82 bits per heavy atom. The number of hydrogen-bond acceptors (Lipinski definition) is 3. The molecule has 196 valence electrons. The SMILES string of the molecule is FC(F)=Cc1ncn2c1Cn1ncnc1-c1ccccc1-2.c1ccc(P(c2ccccc2)c2ccccc2)cc1. The lowest BCUT2D eigenvalue weighted by Crippen LogP contribution is -2.20. The molecule has 3 heterocycles. The molecular weight excluding hydrogens is 523 g/mol. The number of benzene rings is 4. The molecule has 0 spiro atoms. The summed E-state index contributed by atoms with van der Waals surface area (Å²) in [6.07, 6.45) is 2.02. The van der Waals surface area contributed by atoms with E-state index in [-0.39, 0.29) is 5.69 Å². The summed E-state index contributed by atoms with van der Waals surface area (Å²) in [7, 11) is -0.446. The zero-order valence-corrected chi connectivity index (χ0v) is 22.2. The third-order valence-corrected chi connectivity index (χ3v) is 8.95. The maximum Gasteiger partial charge on any atom is 0.272 e. The lowest BCUT2D eigenvalue weighted by atomic mass is 10.1. The van der Waals surface area contributed by atoms with Gasteiger partial charge in [-0.3, -0.25) is 4.57 Å². The molecule has 1 aliphatic rings. The van der Waals surface area contributed by atoms with E-state index in [1.54, 1.807) is 15.6 Å². The minimum absolute atomic E-state index is 0.244. The minimum atomic E-state index is -1.77. The van der Waals surface area contributed by atoms with Crippen LogP contribution in [0.3, 0.4) is 0 Å². The topological polar surface area (TPSA) is 48.5 Å². The average molecular weight is 548 g/mol. The number of halogens is 2. The van der Waals surface area contributed by atoms with Gasteiger partial charge in [-0.05, 0) is 36.0 Å². The van der Waals surface area contributed by atoms with Gasteiger partial charge in [-0.1, -0.05) is 103 Å². The summed E-state index contributed by atoms with van der Waals surface area (Å²) >= 11 is 0. The van der Waals surface area contributed by atoms with Crippen LogP contribution >= 0.6 is 7.92 Å². The molecule has 40 heavy (non-hydrogen) atoms. The van der Waals surface area contributed by atoms with Crippen LogP contribution in [0.4, 0.5) is 8.78 Å². The molecule has 0 saturated carbocycles. The Morgan fingerprint density at radius 2 is 1.25 bits per heavy atom. The molecule has 0 N–H and O–H groups in total. The van der Waals surface area contributed by atoms with Crippen LogP contribution in [-0.2, 0) is 6.54 Å². The number of rotatable bonds is 4. The van der Waals surface area contributed by atoms with Crippen molar-refractivity contribution in [2.45, 2.75) is 6.54 Å². The van der Waals surface area contributed by atoms with Crippen molar-refractivity contribution in [1.29, 1.82) is 0 Å². The molecule has 0 aliphatic carbocycles. The Balaban J connectivity index is 0.000000145. The standard InChI is InChI=1S/C18H15P.C14H9F2N5/c1-4-10-16(11-5-1)19(17-12-6-2-7-13-17)18-14-8-3-9-15-18;15-13(16)5-10-12-6-21-14(17-7-19-21)9-3-1-2-4-11(9)20(12)8-18-10/h1-15H;1-5,7-8H,6H2. The van der Waals surface area contributed by atoms with Gasteiger partial charge in [0.25, 0.3) is 6.08 Å².